The molecule has 2 amide bonds. The Bertz CT molecular complexity index is 1340. The Labute approximate surface area is 224 Å². The van der Waals surface area contributed by atoms with Gasteiger partial charge in [-0.25, -0.2) is 0 Å². The molecule has 37 heavy (non-hydrogen) atoms. The van der Waals surface area contributed by atoms with Gasteiger partial charge in [-0.05, 0) is 61.6 Å². The van der Waals surface area contributed by atoms with Crippen LogP contribution in [0, 0.1) is 0 Å². The lowest BCUT2D eigenvalue weighted by atomic mass is 9.91. The Morgan fingerprint density at radius 1 is 1.27 bits per heavy atom. The second-order valence-corrected chi connectivity index (χ2v) is 10.5. The number of hydrogen-bond acceptors (Lipinski definition) is 6. The van der Waals surface area contributed by atoms with Gasteiger partial charge in [0.05, 0.1) is 25.4 Å². The maximum absolute atomic E-state index is 14.4. The first-order valence-electron chi connectivity index (χ1n) is 12.4. The van der Waals surface area contributed by atoms with Crippen LogP contribution in [-0.4, -0.2) is 56.7 Å². The van der Waals surface area contributed by atoms with E-state index in [9.17, 15) is 9.59 Å². The van der Waals surface area contributed by atoms with Gasteiger partial charge >= 0.3 is 0 Å². The SMILES string of the molecule is CN[C@@H](C)C(=O)NC1C(=O)N(Cc2c(OC)ccc3cc(Br)ccc23)c2ccccc2OC12CCNC2. The molecule has 1 spiro atoms. The van der Waals surface area contributed by atoms with E-state index in [0.29, 0.717) is 36.7 Å². The maximum atomic E-state index is 14.4. The van der Waals surface area contributed by atoms with Crippen molar-refractivity contribution in [3.63, 3.8) is 0 Å². The summed E-state index contributed by atoms with van der Waals surface area (Å²) in [7, 11) is 3.35. The summed E-state index contributed by atoms with van der Waals surface area (Å²) in [6.45, 7) is 3.15. The molecule has 0 saturated carbocycles. The fourth-order valence-corrected chi connectivity index (χ4v) is 5.56. The van der Waals surface area contributed by atoms with Gasteiger partial charge in [0, 0.05) is 23.0 Å². The van der Waals surface area contributed by atoms with Crippen LogP contribution in [0.2, 0.25) is 0 Å². The number of carbonyl (C=O) groups excluding carboxylic acids is 2. The molecule has 0 aromatic heterocycles. The fraction of sp³-hybridized carbons (Fsp3) is 0.357. The number of carbonyl (C=O) groups is 2. The van der Waals surface area contributed by atoms with Crippen molar-refractivity contribution >= 4 is 44.2 Å². The number of ether oxygens (including phenoxy) is 2. The number of likely N-dealkylation sites (N-methyl/N-ethyl adjacent to an activating group) is 1. The highest BCUT2D eigenvalue weighted by molar-refractivity contribution is 9.10. The highest BCUT2D eigenvalue weighted by Gasteiger charge is 2.52. The number of benzene rings is 3. The summed E-state index contributed by atoms with van der Waals surface area (Å²) in [5, 5.41) is 11.3. The van der Waals surface area contributed by atoms with Crippen molar-refractivity contribution in [2.75, 3.05) is 32.1 Å². The predicted molar refractivity (Wildman–Crippen MR) is 147 cm³/mol. The Morgan fingerprint density at radius 2 is 2.08 bits per heavy atom. The first-order chi connectivity index (χ1) is 17.9. The molecule has 9 heteroatoms. The van der Waals surface area contributed by atoms with Crippen LogP contribution in [0.3, 0.4) is 0 Å². The van der Waals surface area contributed by atoms with Crippen LogP contribution < -0.4 is 30.3 Å². The van der Waals surface area contributed by atoms with Crippen molar-refractivity contribution < 1.29 is 19.1 Å². The molecule has 0 radical (unpaired) electrons. The first-order valence-corrected chi connectivity index (χ1v) is 13.2. The van der Waals surface area contributed by atoms with E-state index in [4.69, 9.17) is 9.47 Å². The van der Waals surface area contributed by atoms with Crippen molar-refractivity contribution in [3.05, 3.63) is 64.6 Å². The van der Waals surface area contributed by atoms with Crippen LogP contribution >= 0.6 is 15.9 Å². The molecule has 2 unspecified atom stereocenters. The van der Waals surface area contributed by atoms with Gasteiger partial charge < -0.3 is 30.3 Å². The number of nitrogens with zero attached hydrogens (tertiary/aromatic N) is 1. The summed E-state index contributed by atoms with van der Waals surface area (Å²) < 4.78 is 13.3. The van der Waals surface area contributed by atoms with Gasteiger partial charge in [-0.2, -0.15) is 0 Å². The van der Waals surface area contributed by atoms with E-state index in [1.54, 1.807) is 26.0 Å². The largest absolute Gasteiger partial charge is 0.496 e. The van der Waals surface area contributed by atoms with E-state index >= 15 is 0 Å². The van der Waals surface area contributed by atoms with E-state index in [1.165, 1.54) is 0 Å². The number of hydrogen-bond donors (Lipinski definition) is 3. The lowest BCUT2D eigenvalue weighted by Crippen LogP contribution is -2.64. The standard InChI is InChI=1S/C28H31BrN4O4/c1-17(30-2)26(34)32-25-27(35)33(22-6-4-5-7-24(22)37-28(25)12-13-31-16-28)15-21-20-10-9-19(29)14-18(20)8-11-23(21)36-3/h4-11,14,17,25,30-31H,12-13,15-16H2,1-3H3,(H,32,34)/t17-,25?,28?/m0/s1. The molecular weight excluding hydrogens is 536 g/mol. The monoisotopic (exact) mass is 566 g/mol. The number of para-hydroxylation sites is 2. The Balaban J connectivity index is 1.64. The van der Waals surface area contributed by atoms with Gasteiger partial charge in [-0.15, -0.1) is 0 Å². The molecule has 8 nitrogen and oxygen atoms in total. The number of rotatable bonds is 6. The summed E-state index contributed by atoms with van der Waals surface area (Å²) in [6.07, 6.45) is 0.589. The second kappa shape index (κ2) is 10.3. The summed E-state index contributed by atoms with van der Waals surface area (Å²) in [5.74, 6) is 0.822. The van der Waals surface area contributed by atoms with Crippen molar-refractivity contribution in [3.8, 4) is 11.5 Å². The van der Waals surface area contributed by atoms with Crippen LogP contribution in [0.15, 0.2) is 59.1 Å². The number of amides is 2. The summed E-state index contributed by atoms with van der Waals surface area (Å²) in [6, 6.07) is 16.2. The molecule has 3 aromatic carbocycles. The van der Waals surface area contributed by atoms with Gasteiger partial charge in [0.1, 0.15) is 17.5 Å². The summed E-state index contributed by atoms with van der Waals surface area (Å²) >= 11 is 3.55. The predicted octanol–water partition coefficient (Wildman–Crippen LogP) is 3.36. The zero-order valence-electron chi connectivity index (χ0n) is 21.1. The van der Waals surface area contributed by atoms with E-state index in [0.717, 1.165) is 20.8 Å². The smallest absolute Gasteiger partial charge is 0.254 e. The third-order valence-corrected chi connectivity index (χ3v) is 7.85. The zero-order valence-corrected chi connectivity index (χ0v) is 22.7. The number of anilines is 1. The van der Waals surface area contributed by atoms with Crippen molar-refractivity contribution in [1.29, 1.82) is 0 Å². The molecule has 2 aliphatic heterocycles. The molecule has 5 rings (SSSR count). The molecular formula is C28H31BrN4O4. The molecule has 3 aromatic rings. The second-order valence-electron chi connectivity index (χ2n) is 9.55. The van der Waals surface area contributed by atoms with Crippen molar-refractivity contribution in [2.24, 2.45) is 0 Å². The number of halogens is 1. The molecule has 0 bridgehead atoms. The fourth-order valence-electron chi connectivity index (χ4n) is 5.18. The Morgan fingerprint density at radius 3 is 2.81 bits per heavy atom. The van der Waals surface area contributed by atoms with Gasteiger partial charge in [0.25, 0.3) is 5.91 Å². The van der Waals surface area contributed by atoms with Crippen LogP contribution in [0.25, 0.3) is 10.8 Å². The first kappa shape index (κ1) is 25.5. The summed E-state index contributed by atoms with van der Waals surface area (Å²) in [4.78, 5) is 29.2. The van der Waals surface area contributed by atoms with Gasteiger partial charge in [-0.1, -0.05) is 40.2 Å². The zero-order chi connectivity index (χ0) is 26.2. The third-order valence-electron chi connectivity index (χ3n) is 7.36. The number of nitrogens with one attached hydrogen (secondary N) is 3. The average molecular weight is 567 g/mol. The minimum Gasteiger partial charge on any atom is -0.496 e. The number of fused-ring (bicyclic) bond motifs is 2. The van der Waals surface area contributed by atoms with Crippen LogP contribution in [-0.2, 0) is 16.1 Å². The normalized spacial score (nSPS) is 21.9. The van der Waals surface area contributed by atoms with Crippen LogP contribution in [0.1, 0.15) is 18.9 Å². The van der Waals surface area contributed by atoms with E-state index in [2.05, 4.69) is 31.9 Å². The van der Waals surface area contributed by atoms with Crippen LogP contribution in [0.5, 0.6) is 11.5 Å². The van der Waals surface area contributed by atoms with E-state index in [-0.39, 0.29) is 18.4 Å². The Kier molecular flexibility index (Phi) is 7.11. The molecule has 2 heterocycles. The van der Waals surface area contributed by atoms with Crippen molar-refractivity contribution in [1.82, 2.24) is 16.0 Å². The van der Waals surface area contributed by atoms with Gasteiger partial charge in [0.15, 0.2) is 5.60 Å². The van der Waals surface area contributed by atoms with Crippen LogP contribution in [0.4, 0.5) is 5.69 Å². The molecule has 1 fully saturated rings. The minimum atomic E-state index is -0.904. The highest BCUT2D eigenvalue weighted by atomic mass is 79.9. The maximum Gasteiger partial charge on any atom is 0.254 e. The lowest BCUT2D eigenvalue weighted by Gasteiger charge is -2.36. The molecule has 1 saturated heterocycles. The van der Waals surface area contributed by atoms with Crippen molar-refractivity contribution in [2.45, 2.75) is 37.6 Å². The molecule has 2 aliphatic rings. The Hall–Kier alpha value is -3.14. The third kappa shape index (κ3) is 4.67. The van der Waals surface area contributed by atoms with E-state index < -0.39 is 17.7 Å². The van der Waals surface area contributed by atoms with Gasteiger partial charge in [0.2, 0.25) is 5.91 Å². The quantitative estimate of drug-likeness (QED) is 0.424. The number of methoxy groups -OCH3 is 1. The average Bonchev–Trinajstić information content (AvgIpc) is 3.35. The topological polar surface area (TPSA) is 91.9 Å². The summed E-state index contributed by atoms with van der Waals surface area (Å²) in [5.41, 5.74) is 0.636. The molecule has 3 N–H and O–H groups in total. The molecule has 194 valence electrons. The lowest BCUT2D eigenvalue weighted by molar-refractivity contribution is -0.132. The highest BCUT2D eigenvalue weighted by Crippen LogP contribution is 2.41. The molecule has 0 aliphatic carbocycles. The molecule has 3 atom stereocenters. The van der Waals surface area contributed by atoms with E-state index in [1.807, 2.05) is 54.6 Å². The minimum absolute atomic E-state index is 0.221. The van der Waals surface area contributed by atoms with Gasteiger partial charge in [-0.3, -0.25) is 9.59 Å².